The molecule has 0 spiro atoms. The minimum atomic E-state index is 0.606. The Labute approximate surface area is 145 Å². The van der Waals surface area contributed by atoms with Crippen molar-refractivity contribution in [2.45, 2.75) is 45.9 Å². The van der Waals surface area contributed by atoms with Crippen molar-refractivity contribution >= 4 is 0 Å². The highest BCUT2D eigenvalue weighted by Crippen LogP contribution is 2.41. The zero-order valence-electron chi connectivity index (χ0n) is 15.2. The van der Waals surface area contributed by atoms with Crippen LogP contribution in [0.15, 0.2) is 42.5 Å². The maximum atomic E-state index is 5.50. The van der Waals surface area contributed by atoms with E-state index >= 15 is 0 Å². The highest BCUT2D eigenvalue weighted by molar-refractivity contribution is 5.48. The van der Waals surface area contributed by atoms with Gasteiger partial charge in [-0.1, -0.05) is 37.3 Å². The maximum absolute atomic E-state index is 5.50. The number of quaternary nitrogens is 1. The van der Waals surface area contributed by atoms with Crippen LogP contribution in [0.1, 0.15) is 37.0 Å². The summed E-state index contributed by atoms with van der Waals surface area (Å²) in [7, 11) is 3.42. The van der Waals surface area contributed by atoms with Gasteiger partial charge in [0, 0.05) is 16.7 Å². The Morgan fingerprint density at radius 3 is 1.96 bits per heavy atom. The lowest BCUT2D eigenvalue weighted by Gasteiger charge is -2.40. The van der Waals surface area contributed by atoms with Crippen LogP contribution < -0.4 is 9.47 Å². The van der Waals surface area contributed by atoms with Gasteiger partial charge in [-0.25, -0.2) is 0 Å². The Morgan fingerprint density at radius 2 is 1.50 bits per heavy atom. The predicted molar refractivity (Wildman–Crippen MR) is 97.1 cm³/mol. The highest BCUT2D eigenvalue weighted by atomic mass is 16.5. The lowest BCUT2D eigenvalue weighted by atomic mass is 10.1. The number of benzene rings is 2. The zero-order valence-corrected chi connectivity index (χ0v) is 15.2. The average molecular weight is 326 g/mol. The summed E-state index contributed by atoms with van der Waals surface area (Å²) in [5, 5.41) is 0. The molecule has 1 heterocycles. The van der Waals surface area contributed by atoms with Crippen LogP contribution in [0.4, 0.5) is 0 Å². The van der Waals surface area contributed by atoms with Crippen molar-refractivity contribution < 1.29 is 14.0 Å². The molecule has 0 amide bonds. The molecule has 0 saturated carbocycles. The van der Waals surface area contributed by atoms with E-state index in [0.29, 0.717) is 6.04 Å². The van der Waals surface area contributed by atoms with E-state index in [2.05, 4.69) is 56.3 Å². The van der Waals surface area contributed by atoms with E-state index in [4.69, 9.17) is 9.47 Å². The van der Waals surface area contributed by atoms with Crippen LogP contribution in [0.2, 0.25) is 0 Å². The van der Waals surface area contributed by atoms with Crippen LogP contribution in [0.5, 0.6) is 11.5 Å². The third kappa shape index (κ3) is 3.01. The van der Waals surface area contributed by atoms with Crippen LogP contribution in [0.3, 0.4) is 0 Å². The average Bonchev–Trinajstić information content (AvgIpc) is 2.98. The van der Waals surface area contributed by atoms with Crippen molar-refractivity contribution in [3.05, 3.63) is 59.2 Å². The molecule has 2 aromatic carbocycles. The summed E-state index contributed by atoms with van der Waals surface area (Å²) in [4.78, 5) is 0. The van der Waals surface area contributed by atoms with Crippen LogP contribution in [-0.4, -0.2) is 24.7 Å². The summed E-state index contributed by atoms with van der Waals surface area (Å²) in [6.07, 6.45) is 1.18. The van der Waals surface area contributed by atoms with Gasteiger partial charge in [0.2, 0.25) is 0 Å². The van der Waals surface area contributed by atoms with E-state index in [0.717, 1.165) is 35.6 Å². The van der Waals surface area contributed by atoms with Gasteiger partial charge >= 0.3 is 0 Å². The fourth-order valence-corrected chi connectivity index (χ4v) is 3.91. The monoisotopic (exact) mass is 326 g/mol. The van der Waals surface area contributed by atoms with Crippen molar-refractivity contribution in [3.8, 4) is 11.5 Å². The van der Waals surface area contributed by atoms with Gasteiger partial charge in [-0.05, 0) is 25.5 Å². The summed E-state index contributed by atoms with van der Waals surface area (Å²) in [5.74, 6) is 1.67. The van der Waals surface area contributed by atoms with E-state index < -0.39 is 0 Å². The molecule has 0 radical (unpaired) electrons. The topological polar surface area (TPSA) is 18.5 Å². The van der Waals surface area contributed by atoms with E-state index in [1.807, 2.05) is 0 Å². The Kier molecular flexibility index (Phi) is 4.81. The van der Waals surface area contributed by atoms with Gasteiger partial charge in [-0.15, -0.1) is 0 Å². The van der Waals surface area contributed by atoms with Gasteiger partial charge in [0.05, 0.1) is 20.3 Å². The number of methoxy groups -OCH3 is 2. The molecule has 0 aliphatic carbocycles. The Bertz CT molecular complexity index is 663. The van der Waals surface area contributed by atoms with Gasteiger partial charge in [0.1, 0.15) is 19.6 Å². The first-order valence-corrected chi connectivity index (χ1v) is 8.75. The van der Waals surface area contributed by atoms with Crippen molar-refractivity contribution in [2.75, 3.05) is 14.2 Å². The lowest BCUT2D eigenvalue weighted by Crippen LogP contribution is -2.48. The van der Waals surface area contributed by atoms with Gasteiger partial charge in [0.15, 0.2) is 11.5 Å². The molecule has 1 atom stereocenters. The van der Waals surface area contributed by atoms with Gasteiger partial charge in [-0.2, -0.15) is 0 Å². The molecular formula is C21H28NO2+. The molecule has 3 heteroatoms. The minimum Gasteiger partial charge on any atom is -0.493 e. The second-order valence-electron chi connectivity index (χ2n) is 6.91. The molecule has 2 aromatic rings. The maximum Gasteiger partial charge on any atom is 0.161 e. The number of ether oxygens (including phenoxy) is 2. The van der Waals surface area contributed by atoms with Gasteiger partial charge in [-0.3, -0.25) is 0 Å². The summed E-state index contributed by atoms with van der Waals surface area (Å²) in [6.45, 7) is 7.84. The first-order valence-electron chi connectivity index (χ1n) is 8.75. The minimum absolute atomic E-state index is 0.606. The standard InChI is InChI=1S/C21H28NO2/c1-5-16(2)22(13-17-9-7-6-8-10-17)14-18-11-20(23-3)21(24-4)12-19(18)15-22/h6-12,16H,5,13-15H2,1-4H3/q+1. The van der Waals surface area contributed by atoms with Gasteiger partial charge < -0.3 is 14.0 Å². The lowest BCUT2D eigenvalue weighted by molar-refractivity contribution is -0.980. The summed E-state index contributed by atoms with van der Waals surface area (Å²) in [6, 6.07) is 15.8. The van der Waals surface area contributed by atoms with E-state index in [1.54, 1.807) is 14.2 Å². The van der Waals surface area contributed by atoms with Crippen LogP contribution in [0, 0.1) is 0 Å². The van der Waals surface area contributed by atoms with Crippen molar-refractivity contribution in [1.29, 1.82) is 0 Å². The Balaban J connectivity index is 1.97. The van der Waals surface area contributed by atoms with Crippen LogP contribution in [-0.2, 0) is 19.6 Å². The molecule has 0 N–H and O–H groups in total. The fourth-order valence-electron chi connectivity index (χ4n) is 3.91. The second kappa shape index (κ2) is 6.86. The van der Waals surface area contributed by atoms with Crippen molar-refractivity contribution in [1.82, 2.24) is 0 Å². The van der Waals surface area contributed by atoms with Crippen molar-refractivity contribution in [2.24, 2.45) is 0 Å². The molecule has 0 bridgehead atoms. The number of rotatable bonds is 6. The Morgan fingerprint density at radius 1 is 0.958 bits per heavy atom. The molecular weight excluding hydrogens is 298 g/mol. The normalized spacial score (nSPS) is 16.5. The van der Waals surface area contributed by atoms with Crippen LogP contribution >= 0.6 is 0 Å². The van der Waals surface area contributed by atoms with Crippen molar-refractivity contribution in [3.63, 3.8) is 0 Å². The van der Waals surface area contributed by atoms with E-state index in [9.17, 15) is 0 Å². The molecule has 0 fully saturated rings. The summed E-state index contributed by atoms with van der Waals surface area (Å²) in [5.41, 5.74) is 4.19. The van der Waals surface area contributed by atoms with E-state index in [-0.39, 0.29) is 0 Å². The quantitative estimate of drug-likeness (QED) is 0.726. The highest BCUT2D eigenvalue weighted by Gasteiger charge is 2.40. The zero-order chi connectivity index (χ0) is 17.2. The molecule has 128 valence electrons. The third-order valence-corrected chi connectivity index (χ3v) is 5.54. The number of hydrogen-bond donors (Lipinski definition) is 0. The Hall–Kier alpha value is -2.00. The molecule has 1 aliphatic heterocycles. The molecule has 24 heavy (non-hydrogen) atoms. The molecule has 1 unspecified atom stereocenters. The molecule has 1 aliphatic rings. The smallest absolute Gasteiger partial charge is 0.161 e. The summed E-state index contributed by atoms with van der Waals surface area (Å²) < 4.78 is 12.1. The number of hydrogen-bond acceptors (Lipinski definition) is 2. The SMILES string of the molecule is CCC(C)[N+]1(Cc2ccccc2)Cc2cc(OC)c(OC)cc2C1. The van der Waals surface area contributed by atoms with Gasteiger partial charge in [0.25, 0.3) is 0 Å². The number of fused-ring (bicyclic) bond motifs is 1. The first-order chi connectivity index (χ1) is 11.6. The largest absolute Gasteiger partial charge is 0.493 e. The predicted octanol–water partition coefficient (Wildman–Crippen LogP) is 4.53. The molecule has 0 saturated heterocycles. The molecule has 0 aromatic heterocycles. The third-order valence-electron chi connectivity index (χ3n) is 5.54. The summed E-state index contributed by atoms with van der Waals surface area (Å²) >= 11 is 0. The second-order valence-corrected chi connectivity index (χ2v) is 6.91. The van der Waals surface area contributed by atoms with E-state index in [1.165, 1.54) is 23.1 Å². The molecule has 3 rings (SSSR count). The fraction of sp³-hybridized carbons (Fsp3) is 0.429. The van der Waals surface area contributed by atoms with Crippen LogP contribution in [0.25, 0.3) is 0 Å². The molecule has 3 nitrogen and oxygen atoms in total. The first kappa shape index (κ1) is 16.8. The number of nitrogens with zero attached hydrogens (tertiary/aromatic N) is 1.